The lowest BCUT2D eigenvalue weighted by Crippen LogP contribution is -2.17. The van der Waals surface area contributed by atoms with Gasteiger partial charge >= 0.3 is 5.97 Å². The van der Waals surface area contributed by atoms with E-state index in [0.29, 0.717) is 10.8 Å². The Bertz CT molecular complexity index is 379. The molecule has 0 bridgehead atoms. The van der Waals surface area contributed by atoms with Crippen LogP contribution in [0.3, 0.4) is 0 Å². The molecule has 1 unspecified atom stereocenters. The van der Waals surface area contributed by atoms with Crippen molar-refractivity contribution in [3.8, 4) is 0 Å². The molecule has 1 aliphatic rings. The van der Waals surface area contributed by atoms with Crippen molar-refractivity contribution >= 4 is 22.8 Å². The number of aliphatic carboxylic acids is 1. The molecule has 0 aliphatic carbocycles. The number of nitrogens with zero attached hydrogens (tertiary/aromatic N) is 3. The molecule has 0 radical (unpaired) electrons. The Balaban J connectivity index is 2.22. The first-order chi connectivity index (χ1) is 6.77. The smallest absolute Gasteiger partial charge is 0.329 e. The Kier molecular flexibility index (Phi) is 2.45. The number of carbonyl (C=O) groups is 1. The molecule has 2 rings (SSSR count). The summed E-state index contributed by atoms with van der Waals surface area (Å²) in [5.41, 5.74) is 0.779. The average molecular weight is 209 g/mol. The molecule has 6 heteroatoms. The maximum atomic E-state index is 10.6. The highest BCUT2D eigenvalue weighted by atomic mass is 32.2. The Morgan fingerprint density at radius 1 is 1.50 bits per heavy atom. The maximum absolute atomic E-state index is 10.6. The van der Waals surface area contributed by atoms with Crippen molar-refractivity contribution < 1.29 is 9.90 Å². The zero-order valence-electron chi connectivity index (χ0n) is 7.12. The lowest BCUT2D eigenvalue weighted by atomic mass is 10.3. The molecule has 2 heterocycles. The second-order valence-corrected chi connectivity index (χ2v) is 3.74. The number of carboxylic acids is 1. The maximum Gasteiger partial charge on any atom is 0.329 e. The predicted octanol–water partition coefficient (Wildman–Crippen LogP) is 0.423. The van der Waals surface area contributed by atoms with Crippen LogP contribution in [0.1, 0.15) is 5.56 Å². The fourth-order valence-corrected chi connectivity index (χ4v) is 2.07. The fourth-order valence-electron chi connectivity index (χ4n) is 1.07. The summed E-state index contributed by atoms with van der Waals surface area (Å²) in [7, 11) is 0. The largest absolute Gasteiger partial charge is 0.480 e. The van der Waals surface area contributed by atoms with E-state index in [-0.39, 0.29) is 0 Å². The molecule has 0 fully saturated rings. The van der Waals surface area contributed by atoms with Crippen molar-refractivity contribution in [2.75, 3.05) is 5.75 Å². The average Bonchev–Trinajstić information content (AvgIpc) is 2.68. The highest BCUT2D eigenvalue weighted by molar-refractivity contribution is 8.14. The molecule has 1 aromatic rings. The number of thioether (sulfide) groups is 1. The van der Waals surface area contributed by atoms with Crippen molar-refractivity contribution in [2.24, 2.45) is 4.99 Å². The molecule has 1 atom stereocenters. The van der Waals surface area contributed by atoms with E-state index in [2.05, 4.69) is 15.0 Å². The van der Waals surface area contributed by atoms with Gasteiger partial charge in [0.25, 0.3) is 0 Å². The molecule has 1 N–H and O–H groups in total. The van der Waals surface area contributed by atoms with Crippen LogP contribution in [0.5, 0.6) is 0 Å². The molecule has 0 amide bonds. The second kappa shape index (κ2) is 3.75. The standard InChI is InChI=1S/C8H7N3O2S/c12-8(13)6-3-14-7(11-6)5-1-9-4-10-2-5/h1-2,4,6H,3H2,(H,12,13). The molecular formula is C8H7N3O2S. The number of hydrogen-bond acceptors (Lipinski definition) is 5. The summed E-state index contributed by atoms with van der Waals surface area (Å²) < 4.78 is 0. The Labute approximate surface area is 84.3 Å². The highest BCUT2D eigenvalue weighted by Gasteiger charge is 2.25. The second-order valence-electron chi connectivity index (χ2n) is 2.73. The lowest BCUT2D eigenvalue weighted by Gasteiger charge is -1.95. The Morgan fingerprint density at radius 2 is 2.21 bits per heavy atom. The Morgan fingerprint density at radius 3 is 2.79 bits per heavy atom. The van der Waals surface area contributed by atoms with Crippen LogP contribution in [0, 0.1) is 0 Å². The van der Waals surface area contributed by atoms with E-state index in [1.165, 1.54) is 18.1 Å². The van der Waals surface area contributed by atoms with Crippen molar-refractivity contribution in [3.63, 3.8) is 0 Å². The third-order valence-electron chi connectivity index (χ3n) is 1.74. The van der Waals surface area contributed by atoms with Gasteiger partial charge in [0.1, 0.15) is 11.4 Å². The summed E-state index contributed by atoms with van der Waals surface area (Å²) in [4.78, 5) is 22.4. The minimum atomic E-state index is -0.885. The quantitative estimate of drug-likeness (QED) is 0.764. The van der Waals surface area contributed by atoms with E-state index in [9.17, 15) is 4.79 Å². The predicted molar refractivity (Wildman–Crippen MR) is 52.5 cm³/mol. The molecule has 1 aliphatic heterocycles. The van der Waals surface area contributed by atoms with Gasteiger partial charge < -0.3 is 5.11 Å². The van der Waals surface area contributed by atoms with Crippen molar-refractivity contribution in [3.05, 3.63) is 24.3 Å². The zero-order chi connectivity index (χ0) is 9.97. The van der Waals surface area contributed by atoms with Gasteiger partial charge in [0.05, 0.1) is 0 Å². The molecule has 1 aromatic heterocycles. The van der Waals surface area contributed by atoms with Crippen LogP contribution in [0.2, 0.25) is 0 Å². The number of hydrogen-bond donors (Lipinski definition) is 1. The zero-order valence-corrected chi connectivity index (χ0v) is 7.94. The van der Waals surface area contributed by atoms with Gasteiger partial charge in [-0.25, -0.2) is 14.8 Å². The summed E-state index contributed by atoms with van der Waals surface area (Å²) in [5.74, 6) is -0.399. The van der Waals surface area contributed by atoms with Crippen LogP contribution in [0.4, 0.5) is 0 Å². The topological polar surface area (TPSA) is 75.4 Å². The minimum absolute atomic E-state index is 0.486. The molecule has 0 saturated heterocycles. The first-order valence-electron chi connectivity index (χ1n) is 3.96. The molecule has 0 spiro atoms. The monoisotopic (exact) mass is 209 g/mol. The number of aromatic nitrogens is 2. The summed E-state index contributed by atoms with van der Waals surface area (Å²) in [5, 5.41) is 9.43. The molecule has 5 nitrogen and oxygen atoms in total. The van der Waals surface area contributed by atoms with E-state index >= 15 is 0 Å². The van der Waals surface area contributed by atoms with Gasteiger partial charge in [0.2, 0.25) is 0 Å². The summed E-state index contributed by atoms with van der Waals surface area (Å²) in [6.45, 7) is 0. The first-order valence-corrected chi connectivity index (χ1v) is 4.95. The van der Waals surface area contributed by atoms with Crippen LogP contribution in [-0.4, -0.2) is 37.9 Å². The lowest BCUT2D eigenvalue weighted by molar-refractivity contribution is -0.137. The van der Waals surface area contributed by atoms with Crippen molar-refractivity contribution in [1.29, 1.82) is 0 Å². The normalized spacial score (nSPS) is 20.6. The summed E-state index contributed by atoms with van der Waals surface area (Å²) >= 11 is 1.42. The van der Waals surface area contributed by atoms with E-state index in [0.717, 1.165) is 5.56 Å². The van der Waals surface area contributed by atoms with Crippen LogP contribution >= 0.6 is 11.8 Å². The van der Waals surface area contributed by atoms with Gasteiger partial charge in [-0.05, 0) is 0 Å². The van der Waals surface area contributed by atoms with Gasteiger partial charge in [0.15, 0.2) is 6.04 Å². The van der Waals surface area contributed by atoms with Crippen LogP contribution in [0.15, 0.2) is 23.7 Å². The van der Waals surface area contributed by atoms with Crippen LogP contribution < -0.4 is 0 Å². The number of aliphatic imine (C=N–C) groups is 1. The molecule has 0 saturated carbocycles. The molecule has 14 heavy (non-hydrogen) atoms. The van der Waals surface area contributed by atoms with Crippen molar-refractivity contribution in [1.82, 2.24) is 9.97 Å². The van der Waals surface area contributed by atoms with E-state index < -0.39 is 12.0 Å². The number of rotatable bonds is 2. The van der Waals surface area contributed by atoms with Gasteiger partial charge in [-0.2, -0.15) is 0 Å². The molecular weight excluding hydrogens is 202 g/mol. The van der Waals surface area contributed by atoms with E-state index in [1.807, 2.05) is 0 Å². The van der Waals surface area contributed by atoms with Crippen LogP contribution in [-0.2, 0) is 4.79 Å². The SMILES string of the molecule is O=C(O)C1CSC(c2cncnc2)=N1. The highest BCUT2D eigenvalue weighted by Crippen LogP contribution is 2.22. The fraction of sp³-hybridized carbons (Fsp3) is 0.250. The molecule has 72 valence electrons. The molecule has 0 aromatic carbocycles. The van der Waals surface area contributed by atoms with Crippen LogP contribution in [0.25, 0.3) is 0 Å². The minimum Gasteiger partial charge on any atom is -0.480 e. The third-order valence-corrected chi connectivity index (χ3v) is 2.84. The summed E-state index contributed by atoms with van der Waals surface area (Å²) in [6.07, 6.45) is 4.69. The van der Waals surface area contributed by atoms with Crippen molar-refractivity contribution in [2.45, 2.75) is 6.04 Å². The van der Waals surface area contributed by atoms with E-state index in [4.69, 9.17) is 5.11 Å². The number of carboxylic acid groups (broad SMARTS) is 1. The van der Waals surface area contributed by atoms with Gasteiger partial charge in [0, 0.05) is 23.7 Å². The van der Waals surface area contributed by atoms with Gasteiger partial charge in [-0.3, -0.25) is 4.99 Å². The summed E-state index contributed by atoms with van der Waals surface area (Å²) in [6, 6.07) is -0.629. The Hall–Kier alpha value is -1.43. The van der Waals surface area contributed by atoms with Gasteiger partial charge in [-0.1, -0.05) is 0 Å². The first kappa shape index (κ1) is 9.14. The van der Waals surface area contributed by atoms with Gasteiger partial charge in [-0.15, -0.1) is 11.8 Å². The third kappa shape index (κ3) is 1.74. The van der Waals surface area contributed by atoms with E-state index in [1.54, 1.807) is 12.4 Å².